The fourth-order valence-electron chi connectivity index (χ4n) is 5.32. The molecular weight excluding hydrogens is 543 g/mol. The van der Waals surface area contributed by atoms with Crippen molar-refractivity contribution in [3.63, 3.8) is 0 Å². The van der Waals surface area contributed by atoms with E-state index in [2.05, 4.69) is 25.0 Å². The molecule has 1 amide bonds. The molecule has 2 aromatic carbocycles. The Kier molecular flexibility index (Phi) is 8.97. The first kappa shape index (κ1) is 27.8. The van der Waals surface area contributed by atoms with Crippen molar-refractivity contribution in [1.29, 1.82) is 0 Å². The number of hydrogen-bond donors (Lipinski definition) is 1. The van der Waals surface area contributed by atoms with Gasteiger partial charge in [-0.05, 0) is 61.8 Å². The number of piperidine rings is 1. The van der Waals surface area contributed by atoms with E-state index in [4.69, 9.17) is 23.2 Å². The summed E-state index contributed by atoms with van der Waals surface area (Å²) in [4.78, 5) is 24.2. The lowest BCUT2D eigenvalue weighted by atomic mass is 10.0. The van der Waals surface area contributed by atoms with E-state index in [0.717, 1.165) is 64.2 Å². The number of nitrogens with zero attached hydrogens (tertiary/aromatic N) is 4. The molecule has 2 fully saturated rings. The topological polar surface area (TPSA) is 51.7 Å². The van der Waals surface area contributed by atoms with Crippen molar-refractivity contribution in [1.82, 2.24) is 20.1 Å². The van der Waals surface area contributed by atoms with Gasteiger partial charge in [0.2, 0.25) is 0 Å². The number of carbonyl (C=O) groups is 1. The number of likely N-dealkylation sites (tertiary alicyclic amines) is 1. The summed E-state index contributed by atoms with van der Waals surface area (Å²) in [7, 11) is 0. The number of aromatic nitrogens is 1. The van der Waals surface area contributed by atoms with Crippen LogP contribution < -0.4 is 10.2 Å². The van der Waals surface area contributed by atoms with Crippen LogP contribution in [0.15, 0.2) is 54.7 Å². The third-order valence-corrected chi connectivity index (χ3v) is 8.06. The minimum absolute atomic E-state index is 0.0360. The third-order valence-electron chi connectivity index (χ3n) is 7.55. The van der Waals surface area contributed by atoms with E-state index in [-0.39, 0.29) is 18.3 Å². The fourth-order valence-corrected chi connectivity index (χ4v) is 5.76. The van der Waals surface area contributed by atoms with Crippen LogP contribution in [0.25, 0.3) is 0 Å². The van der Waals surface area contributed by atoms with Crippen molar-refractivity contribution >= 4 is 34.9 Å². The second-order valence-corrected chi connectivity index (χ2v) is 10.9. The monoisotopic (exact) mass is 573 g/mol. The quantitative estimate of drug-likeness (QED) is 0.411. The van der Waals surface area contributed by atoms with Gasteiger partial charge in [0.05, 0.1) is 10.6 Å². The summed E-state index contributed by atoms with van der Waals surface area (Å²) in [5.41, 5.74) is 1.82. The Balaban J connectivity index is 1.09. The van der Waals surface area contributed by atoms with Gasteiger partial charge in [-0.25, -0.2) is 13.8 Å². The molecule has 0 radical (unpaired) electrons. The SMILES string of the molecule is O=C(NCc1ccc(Cl)cc1F)c1cnc(N2CCN(C3CCN(Cc4ccc(F)cc4)CC3)CC2)c(Cl)c1. The van der Waals surface area contributed by atoms with Crippen LogP contribution in [0.3, 0.4) is 0 Å². The second-order valence-electron chi connectivity index (χ2n) is 10.1. The maximum Gasteiger partial charge on any atom is 0.253 e. The van der Waals surface area contributed by atoms with Gasteiger partial charge in [0.15, 0.2) is 0 Å². The molecule has 0 spiro atoms. The second kappa shape index (κ2) is 12.6. The van der Waals surface area contributed by atoms with Crippen molar-refractivity contribution in [2.24, 2.45) is 0 Å². The highest BCUT2D eigenvalue weighted by Crippen LogP contribution is 2.27. The number of benzene rings is 2. The Hall–Kier alpha value is -2.78. The van der Waals surface area contributed by atoms with Crippen LogP contribution in [0, 0.1) is 11.6 Å². The lowest BCUT2D eigenvalue weighted by Gasteiger charge is -2.43. The van der Waals surface area contributed by atoms with Crippen LogP contribution >= 0.6 is 23.2 Å². The van der Waals surface area contributed by atoms with Gasteiger partial charge >= 0.3 is 0 Å². The smallest absolute Gasteiger partial charge is 0.253 e. The van der Waals surface area contributed by atoms with Crippen LogP contribution in [0.2, 0.25) is 10.0 Å². The molecule has 3 heterocycles. The summed E-state index contributed by atoms with van der Waals surface area (Å²) in [6.45, 7) is 6.43. The molecular formula is C29H31Cl2F2N5O. The lowest BCUT2D eigenvalue weighted by molar-refractivity contribution is 0.0950. The molecule has 1 aromatic heterocycles. The average Bonchev–Trinajstić information content (AvgIpc) is 2.94. The highest BCUT2D eigenvalue weighted by molar-refractivity contribution is 6.33. The van der Waals surface area contributed by atoms with Crippen LogP contribution in [0.5, 0.6) is 0 Å². The van der Waals surface area contributed by atoms with E-state index in [1.165, 1.54) is 24.4 Å². The Morgan fingerprint density at radius 1 is 0.949 bits per heavy atom. The zero-order chi connectivity index (χ0) is 27.4. The Morgan fingerprint density at radius 3 is 2.33 bits per heavy atom. The molecule has 206 valence electrons. The molecule has 0 unspecified atom stereocenters. The van der Waals surface area contributed by atoms with Gasteiger partial charge in [-0.1, -0.05) is 41.4 Å². The fraction of sp³-hybridized carbons (Fsp3) is 0.379. The summed E-state index contributed by atoms with van der Waals surface area (Å²) in [6.07, 6.45) is 3.74. The number of piperazine rings is 1. The number of pyridine rings is 1. The summed E-state index contributed by atoms with van der Waals surface area (Å²) in [6, 6.07) is 13.3. The van der Waals surface area contributed by atoms with Crippen LogP contribution in [-0.2, 0) is 13.1 Å². The maximum atomic E-state index is 14.0. The molecule has 6 nitrogen and oxygen atoms in total. The minimum Gasteiger partial charge on any atom is -0.353 e. The number of halogens is 4. The van der Waals surface area contributed by atoms with E-state index in [0.29, 0.717) is 33.0 Å². The number of carbonyl (C=O) groups excluding carboxylic acids is 1. The van der Waals surface area contributed by atoms with Gasteiger partial charge in [-0.3, -0.25) is 14.6 Å². The molecule has 0 saturated carbocycles. The third kappa shape index (κ3) is 7.06. The van der Waals surface area contributed by atoms with Gasteiger partial charge in [-0.15, -0.1) is 0 Å². The zero-order valence-corrected chi connectivity index (χ0v) is 23.1. The Morgan fingerprint density at radius 2 is 1.67 bits per heavy atom. The van der Waals surface area contributed by atoms with Crippen molar-refractivity contribution in [2.75, 3.05) is 44.2 Å². The standard InChI is InChI=1S/C29H31Cl2F2N5O/c30-23-4-3-21(27(33)16-23)17-35-29(39)22-15-26(31)28(34-18-22)38-13-11-37(12-14-38)25-7-9-36(10-8-25)19-20-1-5-24(32)6-2-20/h1-6,15-16,18,25H,7-14,17,19H2,(H,35,39). The van der Waals surface area contributed by atoms with E-state index in [1.807, 2.05) is 12.1 Å². The highest BCUT2D eigenvalue weighted by atomic mass is 35.5. The molecule has 0 atom stereocenters. The molecule has 10 heteroatoms. The number of anilines is 1. The van der Waals surface area contributed by atoms with Crippen molar-refractivity contribution in [3.05, 3.63) is 93.1 Å². The first-order valence-electron chi connectivity index (χ1n) is 13.2. The van der Waals surface area contributed by atoms with Gasteiger partial charge < -0.3 is 10.2 Å². The Bertz CT molecular complexity index is 1290. The highest BCUT2D eigenvalue weighted by Gasteiger charge is 2.28. The first-order chi connectivity index (χ1) is 18.9. The maximum absolute atomic E-state index is 14.0. The number of amides is 1. The van der Waals surface area contributed by atoms with E-state index < -0.39 is 5.82 Å². The largest absolute Gasteiger partial charge is 0.353 e. The van der Waals surface area contributed by atoms with Crippen LogP contribution in [0.4, 0.5) is 14.6 Å². The molecule has 2 saturated heterocycles. The number of nitrogens with one attached hydrogen (secondary N) is 1. The summed E-state index contributed by atoms with van der Waals surface area (Å²) >= 11 is 12.3. The van der Waals surface area contributed by atoms with Crippen molar-refractivity contribution in [3.8, 4) is 0 Å². The predicted molar refractivity (Wildman–Crippen MR) is 150 cm³/mol. The Labute approximate surface area is 237 Å². The average molecular weight is 575 g/mol. The predicted octanol–water partition coefficient (Wildman–Crippen LogP) is 5.38. The molecule has 0 bridgehead atoms. The minimum atomic E-state index is -0.469. The van der Waals surface area contributed by atoms with Crippen molar-refractivity contribution < 1.29 is 13.6 Å². The van der Waals surface area contributed by atoms with Gasteiger partial charge in [0, 0.05) is 62.1 Å². The summed E-state index contributed by atoms with van der Waals surface area (Å²) in [5.74, 6) is -0.367. The van der Waals surface area contributed by atoms with Crippen LogP contribution in [0.1, 0.15) is 34.3 Å². The summed E-state index contributed by atoms with van der Waals surface area (Å²) in [5, 5.41) is 3.43. The molecule has 5 rings (SSSR count). The number of rotatable bonds is 7. The van der Waals surface area contributed by atoms with E-state index >= 15 is 0 Å². The molecule has 2 aliphatic heterocycles. The molecule has 2 aliphatic rings. The van der Waals surface area contributed by atoms with Crippen molar-refractivity contribution in [2.45, 2.75) is 32.0 Å². The molecule has 39 heavy (non-hydrogen) atoms. The normalized spacial score (nSPS) is 17.4. The first-order valence-corrected chi connectivity index (χ1v) is 13.9. The van der Waals surface area contributed by atoms with Crippen LogP contribution in [-0.4, -0.2) is 66.0 Å². The summed E-state index contributed by atoms with van der Waals surface area (Å²) < 4.78 is 27.2. The molecule has 1 N–H and O–H groups in total. The molecule has 3 aromatic rings. The molecule has 0 aliphatic carbocycles. The van der Waals surface area contributed by atoms with Gasteiger partial charge in [-0.2, -0.15) is 0 Å². The van der Waals surface area contributed by atoms with E-state index in [9.17, 15) is 13.6 Å². The van der Waals surface area contributed by atoms with Gasteiger partial charge in [0.1, 0.15) is 17.5 Å². The lowest BCUT2D eigenvalue weighted by Crippen LogP contribution is -2.53. The van der Waals surface area contributed by atoms with Gasteiger partial charge in [0.25, 0.3) is 5.91 Å². The van der Waals surface area contributed by atoms with E-state index in [1.54, 1.807) is 18.2 Å². The number of hydrogen-bond acceptors (Lipinski definition) is 5. The zero-order valence-electron chi connectivity index (χ0n) is 21.6.